The highest BCUT2D eigenvalue weighted by Gasteiger charge is 2.04. The Bertz CT molecular complexity index is 513. The third-order valence-corrected chi connectivity index (χ3v) is 2.88. The normalized spacial score (nSPS) is 9.89. The van der Waals surface area contributed by atoms with E-state index in [1.165, 1.54) is 6.08 Å². The molecule has 2 rings (SSSR count). The van der Waals surface area contributed by atoms with E-state index >= 15 is 0 Å². The maximum absolute atomic E-state index is 10.9. The van der Waals surface area contributed by atoms with Crippen LogP contribution >= 0.6 is 0 Å². The van der Waals surface area contributed by atoms with Gasteiger partial charge < -0.3 is 5.11 Å². The smallest absolute Gasteiger partial charge is 0.328 e. The average molecular weight is 252 g/mol. The number of rotatable bonds is 5. The molecule has 0 saturated heterocycles. The lowest BCUT2D eigenvalue weighted by molar-refractivity contribution is -0.131. The highest BCUT2D eigenvalue weighted by Crippen LogP contribution is 2.14. The van der Waals surface area contributed by atoms with Gasteiger partial charge in [0.1, 0.15) is 0 Å². The number of carbonyl (C=O) groups is 1. The maximum Gasteiger partial charge on any atom is 0.328 e. The third kappa shape index (κ3) is 4.43. The first-order chi connectivity index (χ1) is 9.24. The summed E-state index contributed by atoms with van der Waals surface area (Å²) in [6.45, 7) is 0. The van der Waals surface area contributed by atoms with Gasteiger partial charge in [0.05, 0.1) is 0 Å². The van der Waals surface area contributed by atoms with Crippen molar-refractivity contribution in [1.82, 2.24) is 0 Å². The number of carboxylic acid groups (broad SMARTS) is 1. The molecule has 96 valence electrons. The fourth-order valence-electron chi connectivity index (χ4n) is 2.06. The molecule has 0 atom stereocenters. The van der Waals surface area contributed by atoms with Crippen LogP contribution in [0.3, 0.4) is 0 Å². The summed E-state index contributed by atoms with van der Waals surface area (Å²) in [5, 5.41) is 8.96. The van der Waals surface area contributed by atoms with Crippen molar-refractivity contribution in [3.63, 3.8) is 0 Å². The van der Waals surface area contributed by atoms with Crippen molar-refractivity contribution in [3.05, 3.63) is 83.4 Å². The van der Waals surface area contributed by atoms with E-state index in [-0.39, 0.29) is 0 Å². The van der Waals surface area contributed by atoms with Gasteiger partial charge in [0.2, 0.25) is 0 Å². The lowest BCUT2D eigenvalue weighted by atomic mass is 9.98. The van der Waals surface area contributed by atoms with Crippen molar-refractivity contribution in [1.29, 1.82) is 0 Å². The molecular formula is C17H16O2. The summed E-state index contributed by atoms with van der Waals surface area (Å²) < 4.78 is 0. The summed E-state index contributed by atoms with van der Waals surface area (Å²) in [5.41, 5.74) is 3.17. The van der Waals surface area contributed by atoms with Gasteiger partial charge in [-0.2, -0.15) is 0 Å². The van der Waals surface area contributed by atoms with Gasteiger partial charge in [-0.05, 0) is 24.0 Å². The van der Waals surface area contributed by atoms with Crippen molar-refractivity contribution in [2.45, 2.75) is 12.8 Å². The standard InChI is InChI=1S/C17H16O2/c18-17(19)13-16(11-14-7-3-1-4-8-14)12-15-9-5-2-6-10-15/h1-10,13H,11-12H2,(H,18,19). The zero-order chi connectivity index (χ0) is 13.5. The van der Waals surface area contributed by atoms with Crippen LogP contribution in [0.4, 0.5) is 0 Å². The molecular weight excluding hydrogens is 236 g/mol. The molecule has 0 heterocycles. The number of allylic oxidation sites excluding steroid dienone is 1. The van der Waals surface area contributed by atoms with Crippen molar-refractivity contribution >= 4 is 5.97 Å². The highest BCUT2D eigenvalue weighted by molar-refractivity contribution is 5.80. The minimum absolute atomic E-state index is 0.669. The van der Waals surface area contributed by atoms with Gasteiger partial charge in [0, 0.05) is 6.08 Å². The molecule has 0 aliphatic carbocycles. The second-order valence-corrected chi connectivity index (χ2v) is 4.47. The first kappa shape index (κ1) is 13.1. The van der Waals surface area contributed by atoms with Gasteiger partial charge in [-0.15, -0.1) is 0 Å². The summed E-state index contributed by atoms with van der Waals surface area (Å²) in [4.78, 5) is 10.9. The summed E-state index contributed by atoms with van der Waals surface area (Å²) in [7, 11) is 0. The Labute approximate surface area is 113 Å². The molecule has 2 aromatic rings. The molecule has 2 aromatic carbocycles. The van der Waals surface area contributed by atoms with Crippen molar-refractivity contribution < 1.29 is 9.90 Å². The molecule has 0 aliphatic rings. The Balaban J connectivity index is 2.16. The van der Waals surface area contributed by atoms with Crippen LogP contribution in [0.25, 0.3) is 0 Å². The van der Waals surface area contributed by atoms with E-state index in [2.05, 4.69) is 0 Å². The van der Waals surface area contributed by atoms with E-state index in [0.29, 0.717) is 12.8 Å². The van der Waals surface area contributed by atoms with Gasteiger partial charge >= 0.3 is 5.97 Å². The second-order valence-electron chi connectivity index (χ2n) is 4.47. The van der Waals surface area contributed by atoms with Gasteiger partial charge in [-0.1, -0.05) is 66.2 Å². The van der Waals surface area contributed by atoms with Crippen molar-refractivity contribution in [3.8, 4) is 0 Å². The van der Waals surface area contributed by atoms with E-state index in [9.17, 15) is 4.79 Å². The molecule has 0 saturated carbocycles. The van der Waals surface area contributed by atoms with Crippen LogP contribution in [0.5, 0.6) is 0 Å². The van der Waals surface area contributed by atoms with Crippen molar-refractivity contribution in [2.75, 3.05) is 0 Å². The Morgan fingerprint density at radius 3 is 1.63 bits per heavy atom. The van der Waals surface area contributed by atoms with Crippen LogP contribution in [0.1, 0.15) is 11.1 Å². The molecule has 0 fully saturated rings. The highest BCUT2D eigenvalue weighted by atomic mass is 16.4. The van der Waals surface area contributed by atoms with E-state index < -0.39 is 5.97 Å². The molecule has 0 spiro atoms. The summed E-state index contributed by atoms with van der Waals surface area (Å²) in [5.74, 6) is -0.887. The number of hydrogen-bond acceptors (Lipinski definition) is 1. The zero-order valence-electron chi connectivity index (χ0n) is 10.6. The Hall–Kier alpha value is -2.35. The average Bonchev–Trinajstić information content (AvgIpc) is 2.40. The first-order valence-electron chi connectivity index (χ1n) is 6.24. The fourth-order valence-corrected chi connectivity index (χ4v) is 2.06. The van der Waals surface area contributed by atoms with Gasteiger partial charge in [0.25, 0.3) is 0 Å². The predicted octanol–water partition coefficient (Wildman–Crippen LogP) is 3.48. The topological polar surface area (TPSA) is 37.3 Å². The van der Waals surface area contributed by atoms with Crippen LogP contribution in [0, 0.1) is 0 Å². The molecule has 1 N–H and O–H groups in total. The zero-order valence-corrected chi connectivity index (χ0v) is 10.6. The molecule has 2 nitrogen and oxygen atoms in total. The van der Waals surface area contributed by atoms with E-state index in [4.69, 9.17) is 5.11 Å². The number of hydrogen-bond donors (Lipinski definition) is 1. The summed E-state index contributed by atoms with van der Waals surface area (Å²) in [6, 6.07) is 19.9. The molecule has 0 aliphatic heterocycles. The third-order valence-electron chi connectivity index (χ3n) is 2.88. The number of aliphatic carboxylic acids is 1. The predicted molar refractivity (Wildman–Crippen MR) is 76.0 cm³/mol. The molecule has 0 amide bonds. The van der Waals surface area contributed by atoms with E-state index in [0.717, 1.165) is 16.7 Å². The van der Waals surface area contributed by atoms with Gasteiger partial charge in [0.15, 0.2) is 0 Å². The maximum atomic E-state index is 10.9. The molecule has 0 bridgehead atoms. The van der Waals surface area contributed by atoms with Crippen LogP contribution in [0.15, 0.2) is 72.3 Å². The monoisotopic (exact) mass is 252 g/mol. The quantitative estimate of drug-likeness (QED) is 0.827. The van der Waals surface area contributed by atoms with Crippen LogP contribution in [0.2, 0.25) is 0 Å². The molecule has 2 heteroatoms. The molecule has 0 unspecified atom stereocenters. The molecule has 0 aromatic heterocycles. The van der Waals surface area contributed by atoms with E-state index in [1.54, 1.807) is 0 Å². The second kappa shape index (κ2) is 6.55. The lowest BCUT2D eigenvalue weighted by Crippen LogP contribution is -2.00. The minimum Gasteiger partial charge on any atom is -0.478 e. The van der Waals surface area contributed by atoms with Crippen LogP contribution in [-0.4, -0.2) is 11.1 Å². The SMILES string of the molecule is O=C(O)C=C(Cc1ccccc1)Cc1ccccc1. The number of benzene rings is 2. The molecule has 19 heavy (non-hydrogen) atoms. The first-order valence-corrected chi connectivity index (χ1v) is 6.24. The van der Waals surface area contributed by atoms with Crippen molar-refractivity contribution in [2.24, 2.45) is 0 Å². The van der Waals surface area contributed by atoms with Crippen LogP contribution < -0.4 is 0 Å². The fraction of sp³-hybridized carbons (Fsp3) is 0.118. The Morgan fingerprint density at radius 2 is 1.26 bits per heavy atom. The summed E-state index contributed by atoms with van der Waals surface area (Å²) >= 11 is 0. The van der Waals surface area contributed by atoms with Gasteiger partial charge in [-0.3, -0.25) is 0 Å². The van der Waals surface area contributed by atoms with Gasteiger partial charge in [-0.25, -0.2) is 4.79 Å². The lowest BCUT2D eigenvalue weighted by Gasteiger charge is -2.07. The Morgan fingerprint density at radius 1 is 0.842 bits per heavy atom. The van der Waals surface area contributed by atoms with Crippen LogP contribution in [-0.2, 0) is 17.6 Å². The minimum atomic E-state index is -0.887. The molecule has 0 radical (unpaired) electrons. The number of carboxylic acids is 1. The van der Waals surface area contributed by atoms with E-state index in [1.807, 2.05) is 60.7 Å². The summed E-state index contributed by atoms with van der Waals surface area (Å²) in [6.07, 6.45) is 2.66. The largest absolute Gasteiger partial charge is 0.478 e. The Kier molecular flexibility index (Phi) is 4.51.